The molecule has 0 aliphatic rings. The minimum atomic E-state index is 0.416. The van der Waals surface area contributed by atoms with E-state index in [1.165, 1.54) is 51.4 Å². The molecule has 2 atom stereocenters. The monoisotopic (exact) mass is 255 g/mol. The van der Waals surface area contributed by atoms with Crippen molar-refractivity contribution in [3.63, 3.8) is 0 Å². The zero-order valence-electron chi connectivity index (χ0n) is 13.8. The van der Waals surface area contributed by atoms with Crippen LogP contribution in [0.2, 0.25) is 0 Å². The maximum absolute atomic E-state index is 3.43. The molecule has 0 aliphatic carbocycles. The highest BCUT2D eigenvalue weighted by atomic mass is 14.9. The van der Waals surface area contributed by atoms with Crippen LogP contribution in [0.25, 0.3) is 0 Å². The molecule has 0 aliphatic heterocycles. The molecule has 0 aromatic carbocycles. The first kappa shape index (κ1) is 18.0. The van der Waals surface area contributed by atoms with Gasteiger partial charge in [0.15, 0.2) is 0 Å². The number of hydrogen-bond donors (Lipinski definition) is 1. The molecular formula is C17H37N. The van der Waals surface area contributed by atoms with Gasteiger partial charge in [0.2, 0.25) is 0 Å². The zero-order chi connectivity index (χ0) is 14.0. The van der Waals surface area contributed by atoms with Crippen LogP contribution in [-0.2, 0) is 0 Å². The summed E-state index contributed by atoms with van der Waals surface area (Å²) in [5.74, 6) is 0.928. The van der Waals surface area contributed by atoms with Gasteiger partial charge >= 0.3 is 0 Å². The summed E-state index contributed by atoms with van der Waals surface area (Å²) in [6.07, 6.45) is 11.2. The molecule has 0 saturated heterocycles. The van der Waals surface area contributed by atoms with Gasteiger partial charge in [-0.05, 0) is 31.7 Å². The van der Waals surface area contributed by atoms with Crippen molar-refractivity contribution >= 4 is 0 Å². The predicted octanol–water partition coefficient (Wildman–Crippen LogP) is 5.40. The minimum Gasteiger partial charge on any atom is -0.317 e. The number of hydrogen-bond acceptors (Lipinski definition) is 1. The van der Waals surface area contributed by atoms with Crippen molar-refractivity contribution in [3.05, 3.63) is 0 Å². The van der Waals surface area contributed by atoms with Crippen molar-refractivity contribution in [2.45, 2.75) is 92.0 Å². The summed E-state index contributed by atoms with van der Waals surface area (Å²) in [5, 5.41) is 3.43. The van der Waals surface area contributed by atoms with Crippen molar-refractivity contribution in [1.82, 2.24) is 5.32 Å². The van der Waals surface area contributed by atoms with Gasteiger partial charge in [0.05, 0.1) is 0 Å². The average Bonchev–Trinajstić information content (AvgIpc) is 2.33. The van der Waals surface area contributed by atoms with Gasteiger partial charge in [-0.1, -0.05) is 72.6 Å². The van der Waals surface area contributed by atoms with Gasteiger partial charge in [-0.25, -0.2) is 0 Å². The molecule has 18 heavy (non-hydrogen) atoms. The molecule has 110 valence electrons. The molecule has 0 aromatic rings. The third-order valence-electron chi connectivity index (χ3n) is 4.58. The van der Waals surface area contributed by atoms with E-state index < -0.39 is 0 Å². The highest BCUT2D eigenvalue weighted by molar-refractivity contribution is 4.82. The van der Waals surface area contributed by atoms with Crippen LogP contribution in [0.15, 0.2) is 0 Å². The number of unbranched alkanes of at least 4 members (excludes halogenated alkanes) is 3. The molecule has 0 bridgehead atoms. The lowest BCUT2D eigenvalue weighted by molar-refractivity contribution is 0.189. The summed E-state index contributed by atoms with van der Waals surface area (Å²) < 4.78 is 0. The van der Waals surface area contributed by atoms with Crippen LogP contribution in [-0.4, -0.2) is 13.1 Å². The Bertz CT molecular complexity index is 186. The molecule has 0 heterocycles. The smallest absolute Gasteiger partial charge is 0.00870 e. The van der Waals surface area contributed by atoms with Crippen LogP contribution < -0.4 is 5.32 Å². The lowest BCUT2D eigenvalue weighted by Crippen LogP contribution is -2.38. The highest BCUT2D eigenvalue weighted by Crippen LogP contribution is 2.33. The first-order valence-corrected chi connectivity index (χ1v) is 8.15. The Morgan fingerprint density at radius 2 is 1.61 bits per heavy atom. The molecule has 0 fully saturated rings. The Morgan fingerprint density at radius 3 is 2.11 bits per heavy atom. The Labute approximate surface area is 116 Å². The zero-order valence-corrected chi connectivity index (χ0v) is 13.8. The molecule has 0 aromatic heterocycles. The van der Waals surface area contributed by atoms with E-state index in [4.69, 9.17) is 0 Å². The molecule has 2 unspecified atom stereocenters. The van der Waals surface area contributed by atoms with Crippen LogP contribution in [0, 0.1) is 11.3 Å². The summed E-state index contributed by atoms with van der Waals surface area (Å²) in [6.45, 7) is 11.8. The van der Waals surface area contributed by atoms with E-state index in [1.807, 2.05) is 0 Å². The Hall–Kier alpha value is -0.0400. The van der Waals surface area contributed by atoms with Crippen molar-refractivity contribution in [2.75, 3.05) is 7.05 Å². The standard InChI is InChI=1S/C17H37N/c1-7-9-10-11-13-16(12-8-2)14-17(4,5)15(3)18-6/h15-16,18H,7-14H2,1-6H3. The summed E-state index contributed by atoms with van der Waals surface area (Å²) in [7, 11) is 2.09. The fourth-order valence-corrected chi connectivity index (χ4v) is 2.93. The van der Waals surface area contributed by atoms with Crippen LogP contribution in [0.3, 0.4) is 0 Å². The molecule has 1 nitrogen and oxygen atoms in total. The molecule has 0 amide bonds. The van der Waals surface area contributed by atoms with Crippen LogP contribution in [0.1, 0.15) is 86.0 Å². The molecule has 0 rings (SSSR count). The Balaban J connectivity index is 4.16. The van der Waals surface area contributed by atoms with E-state index in [0.717, 1.165) is 5.92 Å². The molecule has 1 heteroatoms. The van der Waals surface area contributed by atoms with Crippen molar-refractivity contribution in [1.29, 1.82) is 0 Å². The third-order valence-corrected chi connectivity index (χ3v) is 4.58. The Morgan fingerprint density at radius 1 is 0.944 bits per heavy atom. The van der Waals surface area contributed by atoms with Crippen LogP contribution in [0.4, 0.5) is 0 Å². The normalized spacial score (nSPS) is 15.7. The van der Waals surface area contributed by atoms with E-state index in [-0.39, 0.29) is 0 Å². The number of nitrogens with one attached hydrogen (secondary N) is 1. The quantitative estimate of drug-likeness (QED) is 0.488. The van der Waals surface area contributed by atoms with E-state index in [2.05, 4.69) is 47.0 Å². The van der Waals surface area contributed by atoms with Gasteiger partial charge in [0.25, 0.3) is 0 Å². The van der Waals surface area contributed by atoms with E-state index in [1.54, 1.807) is 0 Å². The largest absolute Gasteiger partial charge is 0.317 e. The average molecular weight is 255 g/mol. The van der Waals surface area contributed by atoms with Crippen LogP contribution in [0.5, 0.6) is 0 Å². The van der Waals surface area contributed by atoms with E-state index >= 15 is 0 Å². The van der Waals surface area contributed by atoms with E-state index in [9.17, 15) is 0 Å². The SMILES string of the molecule is CCCCCCC(CCC)CC(C)(C)C(C)NC. The molecule has 0 saturated carbocycles. The van der Waals surface area contributed by atoms with E-state index in [0.29, 0.717) is 11.5 Å². The van der Waals surface area contributed by atoms with Gasteiger partial charge in [0.1, 0.15) is 0 Å². The molecule has 0 radical (unpaired) electrons. The maximum atomic E-state index is 3.43. The lowest BCUT2D eigenvalue weighted by Gasteiger charge is -2.35. The minimum absolute atomic E-state index is 0.416. The lowest BCUT2D eigenvalue weighted by atomic mass is 9.75. The summed E-state index contributed by atoms with van der Waals surface area (Å²) in [5.41, 5.74) is 0.416. The fraction of sp³-hybridized carbons (Fsp3) is 1.00. The van der Waals surface area contributed by atoms with Crippen molar-refractivity contribution < 1.29 is 0 Å². The number of rotatable bonds is 11. The summed E-state index contributed by atoms with van der Waals surface area (Å²) in [6, 6.07) is 0.604. The second-order valence-corrected chi connectivity index (χ2v) is 6.71. The van der Waals surface area contributed by atoms with Gasteiger partial charge < -0.3 is 5.32 Å². The van der Waals surface area contributed by atoms with Gasteiger partial charge in [-0.15, -0.1) is 0 Å². The van der Waals surface area contributed by atoms with Crippen molar-refractivity contribution in [3.8, 4) is 0 Å². The summed E-state index contributed by atoms with van der Waals surface area (Å²) >= 11 is 0. The first-order valence-electron chi connectivity index (χ1n) is 8.15. The molecule has 0 spiro atoms. The van der Waals surface area contributed by atoms with Gasteiger partial charge in [0, 0.05) is 6.04 Å². The second kappa shape index (κ2) is 9.83. The topological polar surface area (TPSA) is 12.0 Å². The second-order valence-electron chi connectivity index (χ2n) is 6.71. The predicted molar refractivity (Wildman–Crippen MR) is 84.1 cm³/mol. The fourth-order valence-electron chi connectivity index (χ4n) is 2.93. The van der Waals surface area contributed by atoms with Gasteiger partial charge in [-0.2, -0.15) is 0 Å². The van der Waals surface area contributed by atoms with Crippen LogP contribution >= 0.6 is 0 Å². The maximum Gasteiger partial charge on any atom is 0.00870 e. The molecule has 1 N–H and O–H groups in total. The van der Waals surface area contributed by atoms with Gasteiger partial charge in [-0.3, -0.25) is 0 Å². The molecular weight excluding hydrogens is 218 g/mol. The van der Waals surface area contributed by atoms with Crippen molar-refractivity contribution in [2.24, 2.45) is 11.3 Å². The first-order chi connectivity index (χ1) is 8.47. The third kappa shape index (κ3) is 7.41. The Kier molecular flexibility index (Phi) is 9.81. The summed E-state index contributed by atoms with van der Waals surface area (Å²) in [4.78, 5) is 0. The highest BCUT2D eigenvalue weighted by Gasteiger charge is 2.27.